The summed E-state index contributed by atoms with van der Waals surface area (Å²) < 4.78 is 14.6. The van der Waals surface area contributed by atoms with Crippen LogP contribution in [0.3, 0.4) is 0 Å². The van der Waals surface area contributed by atoms with Crippen LogP contribution in [0.15, 0.2) is 239 Å². The van der Waals surface area contributed by atoms with Gasteiger partial charge in [0.25, 0.3) is 0 Å². The molecule has 0 bridgehead atoms. The maximum atomic E-state index is 6.11. The van der Waals surface area contributed by atoms with Crippen LogP contribution in [0, 0.1) is 0 Å². The van der Waals surface area contributed by atoms with Gasteiger partial charge in [-0.3, -0.25) is 0 Å². The topological polar surface area (TPSA) is 95.7 Å². The summed E-state index contributed by atoms with van der Waals surface area (Å²) in [5.74, 6) is 2.92. The molecule has 4 aromatic heterocycles. The van der Waals surface area contributed by atoms with E-state index in [0.717, 1.165) is 88.4 Å². The molecule has 340 valence electrons. The molecule has 0 saturated heterocycles. The third kappa shape index (κ3) is 7.03. The molecule has 0 atom stereocenters. The van der Waals surface area contributed by atoms with Crippen molar-refractivity contribution in [1.82, 2.24) is 29.5 Å². The van der Waals surface area contributed by atoms with E-state index >= 15 is 0 Å². The number of hydrogen-bond acceptors (Lipinski definition) is 7. The molecule has 15 aromatic rings. The zero-order valence-corrected chi connectivity index (χ0v) is 38.9. The monoisotopic (exact) mass is 934 g/mol. The van der Waals surface area contributed by atoms with Crippen LogP contribution in [0.5, 0.6) is 0 Å². The van der Waals surface area contributed by atoms with Crippen LogP contribution in [-0.2, 0) is 0 Å². The SMILES string of the molecule is c1ccc(-n2c3ccccc3c3cc4cc(-c5ccc(-c6nc(-c7ccc8cc(-c9nc%10ccccc%10o9)ccc8c7)nc(-c7ccc8cc(-c9nc%10ccccc%10o9)ccc8c7)n6)cc5)ccc4cc32)cc1. The minimum Gasteiger partial charge on any atom is -0.436 e. The Balaban J connectivity index is 0.804. The van der Waals surface area contributed by atoms with E-state index in [1.54, 1.807) is 0 Å². The summed E-state index contributed by atoms with van der Waals surface area (Å²) in [4.78, 5) is 25.0. The lowest BCUT2D eigenvalue weighted by atomic mass is 9.98. The number of fused-ring (bicyclic) bond motifs is 8. The van der Waals surface area contributed by atoms with E-state index in [9.17, 15) is 0 Å². The van der Waals surface area contributed by atoms with Crippen molar-refractivity contribution in [2.24, 2.45) is 0 Å². The molecule has 8 nitrogen and oxygen atoms in total. The highest BCUT2D eigenvalue weighted by Gasteiger charge is 2.18. The average molecular weight is 935 g/mol. The predicted octanol–water partition coefficient (Wildman–Crippen LogP) is 16.7. The molecule has 4 heterocycles. The number of aromatic nitrogens is 6. The van der Waals surface area contributed by atoms with Gasteiger partial charge in [-0.05, 0) is 141 Å². The van der Waals surface area contributed by atoms with Crippen molar-refractivity contribution >= 4 is 76.3 Å². The van der Waals surface area contributed by atoms with Gasteiger partial charge in [0.2, 0.25) is 11.8 Å². The summed E-state index contributed by atoms with van der Waals surface area (Å²) in [6, 6.07) is 80.0. The normalized spacial score (nSPS) is 11.8. The van der Waals surface area contributed by atoms with Crippen LogP contribution < -0.4 is 0 Å². The lowest BCUT2D eigenvalue weighted by Crippen LogP contribution is -2.00. The number of hydrogen-bond donors (Lipinski definition) is 0. The third-order valence-corrected chi connectivity index (χ3v) is 14.0. The van der Waals surface area contributed by atoms with Gasteiger partial charge in [-0.15, -0.1) is 0 Å². The fourth-order valence-corrected chi connectivity index (χ4v) is 10.3. The molecule has 0 aliphatic heterocycles. The van der Waals surface area contributed by atoms with Crippen molar-refractivity contribution in [1.29, 1.82) is 0 Å². The van der Waals surface area contributed by atoms with Gasteiger partial charge in [0.1, 0.15) is 11.0 Å². The Kier molecular flexibility index (Phi) is 9.09. The standard InChI is InChI=1S/C65H38N6O2/c1-2-10-52(11-3-1)71-57-15-7-4-12-53(57)54-37-51-36-41(22-23-46(51)38-58(54)71)39-18-20-40(21-19-39)61-68-62(47-28-24-44-34-49(30-26-42(44)32-47)64-66-55-13-5-8-16-59(55)72-64)70-63(69-61)48-29-25-45-35-50(31-27-43(45)33-48)65-67-56-14-6-9-17-60(56)73-65/h1-38H. The smallest absolute Gasteiger partial charge is 0.227 e. The zero-order valence-electron chi connectivity index (χ0n) is 38.9. The number of oxazole rings is 2. The molecule has 0 unspecified atom stereocenters. The molecule has 0 fully saturated rings. The highest BCUT2D eigenvalue weighted by Crippen LogP contribution is 2.38. The molecule has 0 spiro atoms. The first-order chi connectivity index (χ1) is 36.1. The largest absolute Gasteiger partial charge is 0.436 e. The molecule has 0 amide bonds. The molecule has 0 radical (unpaired) electrons. The Labute approximate surface area is 417 Å². The van der Waals surface area contributed by atoms with E-state index in [2.05, 4.69) is 174 Å². The second kappa shape index (κ2) is 16.3. The van der Waals surface area contributed by atoms with Crippen LogP contribution in [0.2, 0.25) is 0 Å². The fraction of sp³-hybridized carbons (Fsp3) is 0. The van der Waals surface area contributed by atoms with E-state index in [1.165, 1.54) is 32.6 Å². The molecule has 8 heteroatoms. The highest BCUT2D eigenvalue weighted by molar-refractivity contribution is 6.14. The molecule has 0 N–H and O–H groups in total. The van der Waals surface area contributed by atoms with E-state index in [4.69, 9.17) is 33.8 Å². The summed E-state index contributed by atoms with van der Waals surface area (Å²) in [5.41, 5.74) is 13.4. The first-order valence-corrected chi connectivity index (χ1v) is 24.3. The van der Waals surface area contributed by atoms with E-state index in [-0.39, 0.29) is 0 Å². The molecular weight excluding hydrogens is 897 g/mol. The molecule has 0 saturated carbocycles. The summed E-state index contributed by atoms with van der Waals surface area (Å²) >= 11 is 0. The second-order valence-electron chi connectivity index (χ2n) is 18.5. The van der Waals surface area contributed by atoms with Gasteiger partial charge < -0.3 is 13.4 Å². The molecule has 0 aliphatic rings. The number of benzene rings is 11. The van der Waals surface area contributed by atoms with Crippen molar-refractivity contribution in [3.63, 3.8) is 0 Å². The zero-order chi connectivity index (χ0) is 48.0. The lowest BCUT2D eigenvalue weighted by molar-refractivity contribution is 0.619. The molecular formula is C65H38N6O2. The van der Waals surface area contributed by atoms with E-state index in [0.29, 0.717) is 29.3 Å². The number of nitrogens with zero attached hydrogens (tertiary/aromatic N) is 6. The first kappa shape index (κ1) is 40.8. The summed E-state index contributed by atoms with van der Waals surface area (Å²) in [7, 11) is 0. The van der Waals surface area contributed by atoms with E-state index in [1.807, 2.05) is 60.7 Å². The van der Waals surface area contributed by atoms with Crippen LogP contribution in [0.25, 0.3) is 150 Å². The lowest BCUT2D eigenvalue weighted by Gasteiger charge is -2.11. The third-order valence-electron chi connectivity index (χ3n) is 14.0. The van der Waals surface area contributed by atoms with Gasteiger partial charge in [0, 0.05) is 44.3 Å². The minimum absolute atomic E-state index is 0.579. The maximum absolute atomic E-state index is 6.11. The quantitative estimate of drug-likeness (QED) is 0.157. The minimum atomic E-state index is 0.579. The van der Waals surface area contributed by atoms with Crippen LogP contribution in [-0.4, -0.2) is 29.5 Å². The van der Waals surface area contributed by atoms with Gasteiger partial charge >= 0.3 is 0 Å². The first-order valence-electron chi connectivity index (χ1n) is 24.3. The van der Waals surface area contributed by atoms with Gasteiger partial charge in [0.15, 0.2) is 28.6 Å². The fourth-order valence-electron chi connectivity index (χ4n) is 10.3. The Morgan fingerprint density at radius 3 is 1.30 bits per heavy atom. The summed E-state index contributed by atoms with van der Waals surface area (Å²) in [6.07, 6.45) is 0. The van der Waals surface area contributed by atoms with Gasteiger partial charge in [0.05, 0.1) is 11.0 Å². The number of para-hydroxylation sites is 6. The Morgan fingerprint density at radius 2 is 0.712 bits per heavy atom. The average Bonchev–Trinajstić information content (AvgIpc) is 4.18. The Bertz CT molecular complexity index is 4440. The maximum Gasteiger partial charge on any atom is 0.227 e. The molecule has 73 heavy (non-hydrogen) atoms. The Morgan fingerprint density at radius 1 is 0.274 bits per heavy atom. The molecule has 0 aliphatic carbocycles. The van der Waals surface area contributed by atoms with Crippen molar-refractivity contribution in [3.8, 4) is 73.9 Å². The van der Waals surface area contributed by atoms with Crippen LogP contribution in [0.1, 0.15) is 0 Å². The van der Waals surface area contributed by atoms with Gasteiger partial charge in [-0.2, -0.15) is 0 Å². The van der Waals surface area contributed by atoms with Crippen LogP contribution in [0.4, 0.5) is 0 Å². The highest BCUT2D eigenvalue weighted by atomic mass is 16.4. The van der Waals surface area contributed by atoms with Crippen molar-refractivity contribution < 1.29 is 8.83 Å². The predicted molar refractivity (Wildman–Crippen MR) is 294 cm³/mol. The second-order valence-corrected chi connectivity index (χ2v) is 18.5. The van der Waals surface area contributed by atoms with Crippen molar-refractivity contribution in [3.05, 3.63) is 231 Å². The van der Waals surface area contributed by atoms with Crippen molar-refractivity contribution in [2.45, 2.75) is 0 Å². The molecule has 11 aromatic carbocycles. The van der Waals surface area contributed by atoms with Crippen molar-refractivity contribution in [2.75, 3.05) is 0 Å². The summed E-state index contributed by atoms with van der Waals surface area (Å²) in [6.45, 7) is 0. The Hall–Kier alpha value is -10.1. The number of rotatable bonds is 7. The van der Waals surface area contributed by atoms with E-state index < -0.39 is 0 Å². The summed E-state index contributed by atoms with van der Waals surface area (Å²) in [5, 5.41) is 9.04. The molecule has 15 rings (SSSR count). The van der Waals surface area contributed by atoms with Crippen LogP contribution >= 0.6 is 0 Å². The van der Waals surface area contributed by atoms with Gasteiger partial charge in [-0.25, -0.2) is 24.9 Å². The van der Waals surface area contributed by atoms with Gasteiger partial charge in [-0.1, -0.05) is 133 Å².